The second-order valence-corrected chi connectivity index (χ2v) is 9.81. The fourth-order valence-electron chi connectivity index (χ4n) is 4.67. The summed E-state index contributed by atoms with van der Waals surface area (Å²) in [4.78, 5) is 40.9. The Kier molecular flexibility index (Phi) is 5.46. The molecule has 0 spiro atoms. The molecule has 2 amide bonds. The minimum atomic E-state index is -5.25. The Balaban J connectivity index is 1.93. The monoisotopic (exact) mass is 470 g/mol. The predicted molar refractivity (Wildman–Crippen MR) is 121 cm³/mol. The first-order chi connectivity index (χ1) is 15.8. The molecule has 0 radical (unpaired) electrons. The maximum absolute atomic E-state index is 14.8. The van der Waals surface area contributed by atoms with Gasteiger partial charge in [-0.15, -0.1) is 0 Å². The van der Waals surface area contributed by atoms with Gasteiger partial charge < -0.3 is 5.32 Å². The normalized spacial score (nSPS) is 22.1. The number of anilines is 1. The number of rotatable bonds is 3. The summed E-state index contributed by atoms with van der Waals surface area (Å²) in [7, 11) is 0. The van der Waals surface area contributed by atoms with Gasteiger partial charge >= 0.3 is 6.18 Å². The van der Waals surface area contributed by atoms with Crippen LogP contribution in [0.5, 0.6) is 0 Å². The Labute approximate surface area is 195 Å². The fraction of sp³-hybridized carbons (Fsp3) is 0.346. The smallest absolute Gasteiger partial charge is 0.326 e. The highest BCUT2D eigenvalue weighted by atomic mass is 19.4. The molecule has 4 rings (SSSR count). The number of halogens is 3. The molecule has 34 heavy (non-hydrogen) atoms. The average Bonchev–Trinajstić information content (AvgIpc) is 2.97. The van der Waals surface area contributed by atoms with E-state index in [1.807, 2.05) is 12.2 Å². The van der Waals surface area contributed by atoms with E-state index in [2.05, 4.69) is 0 Å². The summed E-state index contributed by atoms with van der Waals surface area (Å²) in [6, 6.07) is 12.4. The third-order valence-corrected chi connectivity index (χ3v) is 6.35. The van der Waals surface area contributed by atoms with Gasteiger partial charge in [0.25, 0.3) is 11.8 Å². The number of Topliss-reactive ketones (excluding diaryl/α,β-unsaturated/α-hetero) is 1. The van der Waals surface area contributed by atoms with Gasteiger partial charge in [0.2, 0.25) is 5.54 Å². The Hall–Kier alpha value is -3.42. The number of carbonyl (C=O) groups is 3. The first-order valence-corrected chi connectivity index (χ1v) is 10.9. The fourth-order valence-corrected chi connectivity index (χ4v) is 4.67. The SMILES string of the molecule is Cc1ccc(C(=O)NC2(C(F)(F)F)C(=O)N(c3ccc(C)cc3)C3=C2C(=O)CC(C)(C)C3)cc1. The van der Waals surface area contributed by atoms with Gasteiger partial charge in [-0.2, -0.15) is 13.2 Å². The van der Waals surface area contributed by atoms with Crippen LogP contribution in [-0.4, -0.2) is 29.3 Å². The quantitative estimate of drug-likeness (QED) is 0.685. The van der Waals surface area contributed by atoms with E-state index in [0.717, 1.165) is 16.0 Å². The Bertz CT molecular complexity index is 1210. The van der Waals surface area contributed by atoms with Crippen LogP contribution in [0.25, 0.3) is 0 Å². The summed E-state index contributed by atoms with van der Waals surface area (Å²) in [6.07, 6.45) is -5.34. The van der Waals surface area contributed by atoms with Crippen molar-refractivity contribution in [3.63, 3.8) is 0 Å². The summed E-state index contributed by atoms with van der Waals surface area (Å²) >= 11 is 0. The topological polar surface area (TPSA) is 66.5 Å². The van der Waals surface area contributed by atoms with Gasteiger partial charge in [0.05, 0.1) is 5.57 Å². The molecule has 0 saturated carbocycles. The van der Waals surface area contributed by atoms with E-state index in [9.17, 15) is 27.6 Å². The van der Waals surface area contributed by atoms with E-state index in [-0.39, 0.29) is 29.8 Å². The lowest BCUT2D eigenvalue weighted by molar-refractivity contribution is -0.186. The van der Waals surface area contributed by atoms with E-state index in [4.69, 9.17) is 0 Å². The molecule has 1 N–H and O–H groups in total. The molecule has 0 saturated heterocycles. The zero-order chi connectivity index (χ0) is 25.1. The van der Waals surface area contributed by atoms with Crippen LogP contribution in [0.1, 0.15) is 48.2 Å². The average molecular weight is 470 g/mol. The molecule has 1 heterocycles. The molecule has 1 atom stereocenters. The van der Waals surface area contributed by atoms with Crippen LogP contribution in [0.3, 0.4) is 0 Å². The zero-order valence-corrected chi connectivity index (χ0v) is 19.3. The summed E-state index contributed by atoms with van der Waals surface area (Å²) in [5, 5.41) is 1.95. The lowest BCUT2D eigenvalue weighted by atomic mass is 9.72. The highest BCUT2D eigenvalue weighted by molar-refractivity contribution is 6.21. The highest BCUT2D eigenvalue weighted by Crippen LogP contribution is 2.52. The van der Waals surface area contributed by atoms with Crippen LogP contribution in [0, 0.1) is 19.3 Å². The van der Waals surface area contributed by atoms with E-state index < -0.39 is 40.3 Å². The maximum atomic E-state index is 14.8. The maximum Gasteiger partial charge on any atom is 0.425 e. The number of nitrogens with zero attached hydrogens (tertiary/aromatic N) is 1. The van der Waals surface area contributed by atoms with Gasteiger partial charge in [-0.1, -0.05) is 49.2 Å². The van der Waals surface area contributed by atoms with Crippen molar-refractivity contribution in [2.45, 2.75) is 52.3 Å². The van der Waals surface area contributed by atoms with Crippen LogP contribution in [0.2, 0.25) is 0 Å². The predicted octanol–water partition coefficient (Wildman–Crippen LogP) is 5.02. The minimum Gasteiger partial charge on any atom is -0.326 e. The number of hydrogen-bond donors (Lipinski definition) is 1. The number of amides is 2. The van der Waals surface area contributed by atoms with Crippen molar-refractivity contribution >= 4 is 23.3 Å². The molecule has 8 heteroatoms. The largest absolute Gasteiger partial charge is 0.425 e. The molecule has 2 aromatic carbocycles. The third kappa shape index (κ3) is 3.71. The lowest BCUT2D eigenvalue weighted by Crippen LogP contribution is -2.66. The lowest BCUT2D eigenvalue weighted by Gasteiger charge is -2.35. The molecule has 1 aliphatic heterocycles. The number of allylic oxidation sites excluding steroid dienone is 1. The first kappa shape index (κ1) is 23.7. The van der Waals surface area contributed by atoms with Crippen LogP contribution >= 0.6 is 0 Å². The summed E-state index contributed by atoms with van der Waals surface area (Å²) in [5.41, 5.74) is -2.98. The van der Waals surface area contributed by atoms with Gasteiger partial charge in [-0.3, -0.25) is 19.3 Å². The van der Waals surface area contributed by atoms with Gasteiger partial charge in [0, 0.05) is 23.4 Å². The van der Waals surface area contributed by atoms with Gasteiger partial charge in [-0.25, -0.2) is 0 Å². The number of nitrogens with one attached hydrogen (secondary N) is 1. The Morgan fingerprint density at radius 3 is 1.97 bits per heavy atom. The molecule has 0 fully saturated rings. The molecule has 5 nitrogen and oxygen atoms in total. The molecule has 178 valence electrons. The van der Waals surface area contributed by atoms with Gasteiger partial charge in [-0.05, 0) is 49.9 Å². The second kappa shape index (κ2) is 7.82. The van der Waals surface area contributed by atoms with Crippen molar-refractivity contribution in [1.82, 2.24) is 5.32 Å². The second-order valence-electron chi connectivity index (χ2n) is 9.81. The van der Waals surface area contributed by atoms with E-state index in [0.29, 0.717) is 0 Å². The van der Waals surface area contributed by atoms with Crippen LogP contribution in [0.4, 0.5) is 18.9 Å². The number of ketones is 1. The molecule has 2 aliphatic rings. The number of aryl methyl sites for hydroxylation is 2. The highest BCUT2D eigenvalue weighted by Gasteiger charge is 2.72. The number of carbonyl (C=O) groups excluding carboxylic acids is 3. The minimum absolute atomic E-state index is 0.0170. The molecule has 1 aliphatic carbocycles. The van der Waals surface area contributed by atoms with Crippen molar-refractivity contribution in [3.8, 4) is 0 Å². The van der Waals surface area contributed by atoms with Gasteiger partial charge in [0.1, 0.15) is 0 Å². The first-order valence-electron chi connectivity index (χ1n) is 10.9. The van der Waals surface area contributed by atoms with Crippen LogP contribution in [-0.2, 0) is 9.59 Å². The molecule has 0 aromatic heterocycles. The van der Waals surface area contributed by atoms with E-state index >= 15 is 0 Å². The molecule has 2 aromatic rings. The molecular weight excluding hydrogens is 445 g/mol. The summed E-state index contributed by atoms with van der Waals surface area (Å²) < 4.78 is 44.5. The van der Waals surface area contributed by atoms with Gasteiger partial charge in [0.15, 0.2) is 5.78 Å². The summed E-state index contributed by atoms with van der Waals surface area (Å²) in [6.45, 7) is 7.13. The number of alkyl halides is 3. The van der Waals surface area contributed by atoms with Crippen molar-refractivity contribution in [1.29, 1.82) is 0 Å². The van der Waals surface area contributed by atoms with Crippen molar-refractivity contribution in [2.24, 2.45) is 5.41 Å². The Morgan fingerprint density at radius 2 is 1.44 bits per heavy atom. The van der Waals surface area contributed by atoms with Crippen molar-refractivity contribution in [3.05, 3.63) is 76.5 Å². The number of benzene rings is 2. The molecule has 0 bridgehead atoms. The van der Waals surface area contributed by atoms with Crippen LogP contribution in [0.15, 0.2) is 59.8 Å². The summed E-state index contributed by atoms with van der Waals surface area (Å²) in [5.74, 6) is -3.28. The molecular formula is C26H25F3N2O3. The van der Waals surface area contributed by atoms with Crippen molar-refractivity contribution in [2.75, 3.05) is 4.90 Å². The zero-order valence-electron chi connectivity index (χ0n) is 19.3. The Morgan fingerprint density at radius 1 is 0.912 bits per heavy atom. The van der Waals surface area contributed by atoms with Crippen LogP contribution < -0.4 is 10.2 Å². The number of hydrogen-bond acceptors (Lipinski definition) is 3. The standard InChI is InChI=1S/C26H25F3N2O3/c1-15-5-9-17(10-6-15)22(33)30-25(26(27,28)29)21-19(13-24(3,4)14-20(21)32)31(23(25)34)18-11-7-16(2)8-12-18/h5-12H,13-14H2,1-4H3,(H,30,33). The third-order valence-electron chi connectivity index (χ3n) is 6.35. The molecule has 1 unspecified atom stereocenters. The van der Waals surface area contributed by atoms with E-state index in [1.54, 1.807) is 45.0 Å². The van der Waals surface area contributed by atoms with Crippen molar-refractivity contribution < 1.29 is 27.6 Å². The van der Waals surface area contributed by atoms with E-state index in [1.165, 1.54) is 24.3 Å².